The largest absolute Gasteiger partial charge is 0.398 e. The number of nitrogens with two attached hydrogens (primary N) is 1. The Balaban J connectivity index is 1.96. The van der Waals surface area contributed by atoms with Crippen molar-refractivity contribution in [3.63, 3.8) is 0 Å². The van der Waals surface area contributed by atoms with Crippen LogP contribution in [0.4, 0.5) is 5.69 Å². The highest BCUT2D eigenvalue weighted by Crippen LogP contribution is 2.24. The van der Waals surface area contributed by atoms with E-state index in [1.165, 1.54) is 11.3 Å². The van der Waals surface area contributed by atoms with Crippen molar-refractivity contribution in [2.75, 3.05) is 17.2 Å². The Hall–Kier alpha value is -0.680. The number of carbonyl (C=O) groups is 1. The first-order valence-electron chi connectivity index (χ1n) is 5.41. The zero-order chi connectivity index (χ0) is 11.5. The fourth-order valence-corrected chi connectivity index (χ4v) is 3.66. The van der Waals surface area contributed by atoms with Crippen LogP contribution in [0, 0.1) is 6.92 Å². The average Bonchev–Trinajstić information content (AvgIpc) is 2.61. The quantitative estimate of drug-likeness (QED) is 0.853. The van der Waals surface area contributed by atoms with Gasteiger partial charge in [0.15, 0.2) is 0 Å². The summed E-state index contributed by atoms with van der Waals surface area (Å²) in [6, 6.07) is 2.12. The molecule has 0 spiro atoms. The Kier molecular flexibility index (Phi) is 3.76. The van der Waals surface area contributed by atoms with Crippen molar-refractivity contribution in [2.45, 2.75) is 25.8 Å². The van der Waals surface area contributed by atoms with Crippen LogP contribution in [0.3, 0.4) is 0 Å². The Labute approximate surface area is 104 Å². The molecule has 1 fully saturated rings. The SMILES string of the molecule is Cc1sc(C(=O)NC2CCSCC2)cc1N. The van der Waals surface area contributed by atoms with Gasteiger partial charge < -0.3 is 11.1 Å². The van der Waals surface area contributed by atoms with Crippen LogP contribution in [0.25, 0.3) is 0 Å². The number of carbonyl (C=O) groups excluding carboxylic acids is 1. The van der Waals surface area contributed by atoms with Gasteiger partial charge in [-0.1, -0.05) is 0 Å². The van der Waals surface area contributed by atoms with Crippen LogP contribution in [-0.4, -0.2) is 23.5 Å². The van der Waals surface area contributed by atoms with Gasteiger partial charge in [0.25, 0.3) is 5.91 Å². The number of nitrogens with one attached hydrogen (secondary N) is 1. The maximum atomic E-state index is 11.9. The van der Waals surface area contributed by atoms with E-state index in [2.05, 4.69) is 5.32 Å². The van der Waals surface area contributed by atoms with Gasteiger partial charge in [-0.3, -0.25) is 4.79 Å². The van der Waals surface area contributed by atoms with E-state index >= 15 is 0 Å². The molecular formula is C11H16N2OS2. The highest BCUT2D eigenvalue weighted by atomic mass is 32.2. The molecule has 0 aliphatic carbocycles. The molecule has 2 heterocycles. The van der Waals surface area contributed by atoms with Gasteiger partial charge in [0.05, 0.1) is 4.88 Å². The first-order chi connectivity index (χ1) is 7.66. The predicted octanol–water partition coefficient (Wildman–Crippen LogP) is 2.26. The lowest BCUT2D eigenvalue weighted by molar-refractivity contribution is 0.0939. The minimum Gasteiger partial charge on any atom is -0.398 e. The lowest BCUT2D eigenvalue weighted by atomic mass is 10.1. The highest BCUT2D eigenvalue weighted by molar-refractivity contribution is 7.99. The van der Waals surface area contributed by atoms with Crippen molar-refractivity contribution < 1.29 is 4.79 Å². The van der Waals surface area contributed by atoms with Crippen LogP contribution < -0.4 is 11.1 Å². The first kappa shape index (κ1) is 11.8. The van der Waals surface area contributed by atoms with Gasteiger partial charge in [-0.2, -0.15) is 11.8 Å². The molecule has 0 radical (unpaired) electrons. The van der Waals surface area contributed by atoms with E-state index < -0.39 is 0 Å². The Morgan fingerprint density at radius 3 is 2.75 bits per heavy atom. The van der Waals surface area contributed by atoms with E-state index in [1.807, 2.05) is 18.7 Å². The summed E-state index contributed by atoms with van der Waals surface area (Å²) in [5.41, 5.74) is 6.46. The normalized spacial score (nSPS) is 17.3. The van der Waals surface area contributed by atoms with Gasteiger partial charge in [0, 0.05) is 16.6 Å². The van der Waals surface area contributed by atoms with Gasteiger partial charge in [0.2, 0.25) is 0 Å². The number of aryl methyl sites for hydroxylation is 1. The van der Waals surface area contributed by atoms with Gasteiger partial charge in [-0.05, 0) is 37.3 Å². The Bertz CT molecular complexity index is 364. The molecule has 0 atom stereocenters. The second kappa shape index (κ2) is 5.10. The Morgan fingerprint density at radius 2 is 2.19 bits per heavy atom. The molecule has 3 N–H and O–H groups in total. The fourth-order valence-electron chi connectivity index (χ4n) is 1.71. The zero-order valence-electron chi connectivity index (χ0n) is 9.29. The highest BCUT2D eigenvalue weighted by Gasteiger charge is 2.18. The number of anilines is 1. The van der Waals surface area contributed by atoms with Crippen molar-refractivity contribution >= 4 is 34.7 Å². The number of thioether (sulfide) groups is 1. The van der Waals surface area contributed by atoms with Gasteiger partial charge in [-0.15, -0.1) is 11.3 Å². The van der Waals surface area contributed by atoms with Crippen LogP contribution >= 0.6 is 23.1 Å². The fraction of sp³-hybridized carbons (Fsp3) is 0.545. The molecule has 3 nitrogen and oxygen atoms in total. The van der Waals surface area contributed by atoms with Gasteiger partial charge >= 0.3 is 0 Å². The summed E-state index contributed by atoms with van der Waals surface area (Å²) in [7, 11) is 0. The number of thiophene rings is 1. The molecule has 0 saturated carbocycles. The summed E-state index contributed by atoms with van der Waals surface area (Å²) in [6.45, 7) is 1.94. The van der Waals surface area contributed by atoms with Crippen LogP contribution in [0.2, 0.25) is 0 Å². The molecule has 88 valence electrons. The third kappa shape index (κ3) is 2.71. The van der Waals surface area contributed by atoms with Gasteiger partial charge in [-0.25, -0.2) is 0 Å². The zero-order valence-corrected chi connectivity index (χ0v) is 10.9. The number of nitrogen functional groups attached to an aromatic ring is 1. The maximum absolute atomic E-state index is 11.9. The summed E-state index contributed by atoms with van der Waals surface area (Å²) in [4.78, 5) is 13.7. The molecule has 0 bridgehead atoms. The van der Waals surface area contributed by atoms with Gasteiger partial charge in [0.1, 0.15) is 0 Å². The second-order valence-electron chi connectivity index (χ2n) is 3.98. The molecule has 1 aromatic heterocycles. The minimum absolute atomic E-state index is 0.0294. The average molecular weight is 256 g/mol. The van der Waals surface area contributed by atoms with Crippen LogP contribution in [0.15, 0.2) is 6.07 Å². The van der Waals surface area contributed by atoms with E-state index in [9.17, 15) is 4.79 Å². The predicted molar refractivity (Wildman–Crippen MR) is 71.3 cm³/mol. The molecule has 0 unspecified atom stereocenters. The Morgan fingerprint density at radius 1 is 1.50 bits per heavy atom. The number of amides is 1. The minimum atomic E-state index is 0.0294. The molecular weight excluding hydrogens is 240 g/mol. The molecule has 1 amide bonds. The molecule has 5 heteroatoms. The molecule has 16 heavy (non-hydrogen) atoms. The third-order valence-electron chi connectivity index (χ3n) is 2.74. The summed E-state index contributed by atoms with van der Waals surface area (Å²) in [6.07, 6.45) is 2.16. The van der Waals surface area contributed by atoms with E-state index in [-0.39, 0.29) is 5.91 Å². The molecule has 1 aromatic rings. The van der Waals surface area contributed by atoms with E-state index in [4.69, 9.17) is 5.73 Å². The molecule has 1 aliphatic heterocycles. The van der Waals surface area contributed by atoms with E-state index in [0.717, 1.165) is 34.1 Å². The lowest BCUT2D eigenvalue weighted by Gasteiger charge is -2.22. The van der Waals surface area contributed by atoms with Crippen LogP contribution in [0.1, 0.15) is 27.4 Å². The summed E-state index contributed by atoms with van der Waals surface area (Å²) in [5, 5.41) is 3.08. The second-order valence-corrected chi connectivity index (χ2v) is 6.46. The first-order valence-corrected chi connectivity index (χ1v) is 7.38. The molecule has 1 aliphatic rings. The van der Waals surface area contributed by atoms with E-state index in [0.29, 0.717) is 11.7 Å². The third-order valence-corrected chi connectivity index (χ3v) is 4.85. The van der Waals surface area contributed by atoms with Crippen molar-refractivity contribution in [3.8, 4) is 0 Å². The number of hydrogen-bond acceptors (Lipinski definition) is 4. The lowest BCUT2D eigenvalue weighted by Crippen LogP contribution is -2.36. The van der Waals surface area contributed by atoms with Crippen LogP contribution in [-0.2, 0) is 0 Å². The summed E-state index contributed by atoms with van der Waals surface area (Å²) >= 11 is 3.43. The van der Waals surface area contributed by atoms with Crippen molar-refractivity contribution in [1.82, 2.24) is 5.32 Å². The standard InChI is InChI=1S/C11H16N2OS2/c1-7-9(12)6-10(16-7)11(14)13-8-2-4-15-5-3-8/h6,8H,2-5,12H2,1H3,(H,13,14). The number of hydrogen-bond donors (Lipinski definition) is 2. The maximum Gasteiger partial charge on any atom is 0.261 e. The van der Waals surface area contributed by atoms with Crippen molar-refractivity contribution in [1.29, 1.82) is 0 Å². The van der Waals surface area contributed by atoms with Crippen molar-refractivity contribution in [2.24, 2.45) is 0 Å². The molecule has 0 aromatic carbocycles. The van der Waals surface area contributed by atoms with E-state index in [1.54, 1.807) is 6.07 Å². The molecule has 2 rings (SSSR count). The molecule has 1 saturated heterocycles. The summed E-state index contributed by atoms with van der Waals surface area (Å²) < 4.78 is 0. The summed E-state index contributed by atoms with van der Waals surface area (Å²) in [5.74, 6) is 2.33. The number of rotatable bonds is 2. The van der Waals surface area contributed by atoms with Crippen molar-refractivity contribution in [3.05, 3.63) is 15.8 Å². The topological polar surface area (TPSA) is 55.1 Å². The van der Waals surface area contributed by atoms with Crippen LogP contribution in [0.5, 0.6) is 0 Å². The monoisotopic (exact) mass is 256 g/mol. The smallest absolute Gasteiger partial charge is 0.261 e.